The standard InChI is InChI=1S/C13H17Cl2NO3/c1-2-5-16(6-7-17)13(18)9-19-12-8-10(14)3-4-11(12)15/h3-4,8,17H,2,5-7,9H2,1H3. The maximum atomic E-state index is 11.9. The molecule has 0 heterocycles. The van der Waals surface area contributed by atoms with E-state index in [0.717, 1.165) is 6.42 Å². The molecule has 0 radical (unpaired) electrons. The Morgan fingerprint density at radius 1 is 1.37 bits per heavy atom. The van der Waals surface area contributed by atoms with Crippen LogP contribution >= 0.6 is 23.2 Å². The van der Waals surface area contributed by atoms with Crippen LogP contribution in [0.3, 0.4) is 0 Å². The smallest absolute Gasteiger partial charge is 0.260 e. The van der Waals surface area contributed by atoms with Crippen molar-refractivity contribution in [3.05, 3.63) is 28.2 Å². The van der Waals surface area contributed by atoms with E-state index < -0.39 is 0 Å². The number of carbonyl (C=O) groups is 1. The van der Waals surface area contributed by atoms with Crippen molar-refractivity contribution in [2.75, 3.05) is 26.3 Å². The molecule has 0 aliphatic carbocycles. The Labute approximate surface area is 122 Å². The topological polar surface area (TPSA) is 49.8 Å². The number of nitrogens with zero attached hydrogens (tertiary/aromatic N) is 1. The number of hydrogen-bond acceptors (Lipinski definition) is 3. The molecule has 4 nitrogen and oxygen atoms in total. The van der Waals surface area contributed by atoms with Crippen LogP contribution in [0, 0.1) is 0 Å². The first-order valence-electron chi connectivity index (χ1n) is 6.05. The van der Waals surface area contributed by atoms with E-state index in [-0.39, 0.29) is 19.1 Å². The summed E-state index contributed by atoms with van der Waals surface area (Å²) in [5.41, 5.74) is 0. The minimum absolute atomic E-state index is 0.0658. The summed E-state index contributed by atoms with van der Waals surface area (Å²) in [6.07, 6.45) is 0.823. The van der Waals surface area contributed by atoms with Crippen LogP contribution in [0.25, 0.3) is 0 Å². The average Bonchev–Trinajstić information content (AvgIpc) is 2.39. The Balaban J connectivity index is 2.59. The van der Waals surface area contributed by atoms with Gasteiger partial charge in [-0.15, -0.1) is 0 Å². The largest absolute Gasteiger partial charge is 0.482 e. The predicted molar refractivity (Wildman–Crippen MR) is 75.9 cm³/mol. The van der Waals surface area contributed by atoms with E-state index in [2.05, 4.69) is 0 Å². The number of hydrogen-bond donors (Lipinski definition) is 1. The Bertz CT molecular complexity index is 420. The summed E-state index contributed by atoms with van der Waals surface area (Å²) in [7, 11) is 0. The second-order valence-electron chi connectivity index (χ2n) is 3.97. The molecule has 0 aliphatic rings. The van der Waals surface area contributed by atoms with Gasteiger partial charge in [0.2, 0.25) is 0 Å². The van der Waals surface area contributed by atoms with Crippen LogP contribution in [-0.4, -0.2) is 42.2 Å². The van der Waals surface area contributed by atoms with Gasteiger partial charge >= 0.3 is 0 Å². The number of benzene rings is 1. The lowest BCUT2D eigenvalue weighted by Crippen LogP contribution is -2.37. The lowest BCUT2D eigenvalue weighted by Gasteiger charge is -2.21. The van der Waals surface area contributed by atoms with E-state index in [1.165, 1.54) is 0 Å². The molecule has 1 N–H and O–H groups in total. The Kier molecular flexibility index (Phi) is 6.99. The molecule has 1 aromatic carbocycles. The highest BCUT2D eigenvalue weighted by Gasteiger charge is 2.13. The van der Waals surface area contributed by atoms with Gasteiger partial charge in [0.1, 0.15) is 5.75 Å². The maximum absolute atomic E-state index is 11.9. The molecule has 0 fully saturated rings. The van der Waals surface area contributed by atoms with Crippen molar-refractivity contribution in [3.63, 3.8) is 0 Å². The Hall–Kier alpha value is -0.970. The van der Waals surface area contributed by atoms with Gasteiger partial charge in [-0.3, -0.25) is 4.79 Å². The highest BCUT2D eigenvalue weighted by molar-refractivity contribution is 6.34. The van der Waals surface area contributed by atoms with Gasteiger partial charge in [-0.1, -0.05) is 30.1 Å². The Morgan fingerprint density at radius 2 is 2.11 bits per heavy atom. The molecule has 19 heavy (non-hydrogen) atoms. The summed E-state index contributed by atoms with van der Waals surface area (Å²) in [5.74, 6) is 0.190. The zero-order valence-electron chi connectivity index (χ0n) is 10.7. The molecule has 106 valence electrons. The molecular weight excluding hydrogens is 289 g/mol. The molecule has 0 aliphatic heterocycles. The highest BCUT2D eigenvalue weighted by Crippen LogP contribution is 2.27. The van der Waals surface area contributed by atoms with Crippen LogP contribution in [0.4, 0.5) is 0 Å². The highest BCUT2D eigenvalue weighted by atomic mass is 35.5. The fraction of sp³-hybridized carbons (Fsp3) is 0.462. The molecule has 0 aromatic heterocycles. The number of rotatable bonds is 7. The molecule has 0 saturated carbocycles. The maximum Gasteiger partial charge on any atom is 0.260 e. The molecule has 0 unspecified atom stereocenters. The van der Waals surface area contributed by atoms with Crippen molar-refractivity contribution in [1.82, 2.24) is 4.90 Å². The summed E-state index contributed by atoms with van der Waals surface area (Å²) in [6, 6.07) is 4.82. The SMILES string of the molecule is CCCN(CCO)C(=O)COc1cc(Cl)ccc1Cl. The second kappa shape index (κ2) is 8.25. The molecule has 6 heteroatoms. The molecule has 0 saturated heterocycles. The number of aliphatic hydroxyl groups is 1. The van der Waals surface area contributed by atoms with Crippen LogP contribution in [-0.2, 0) is 4.79 Å². The van der Waals surface area contributed by atoms with Crippen LogP contribution in [0.15, 0.2) is 18.2 Å². The number of ether oxygens (including phenoxy) is 1. The summed E-state index contributed by atoms with van der Waals surface area (Å²) in [6.45, 7) is 2.67. The second-order valence-corrected chi connectivity index (χ2v) is 4.81. The molecule has 0 atom stereocenters. The van der Waals surface area contributed by atoms with Crippen molar-refractivity contribution in [3.8, 4) is 5.75 Å². The molecule has 0 bridgehead atoms. The van der Waals surface area contributed by atoms with Gasteiger partial charge in [0.15, 0.2) is 6.61 Å². The van der Waals surface area contributed by atoms with E-state index in [0.29, 0.717) is 28.9 Å². The molecule has 1 rings (SSSR count). The van der Waals surface area contributed by atoms with E-state index in [9.17, 15) is 4.79 Å². The van der Waals surface area contributed by atoms with Crippen molar-refractivity contribution in [2.24, 2.45) is 0 Å². The molecular formula is C13H17Cl2NO3. The number of carbonyl (C=O) groups excluding carboxylic acids is 1. The zero-order chi connectivity index (χ0) is 14.3. The van der Waals surface area contributed by atoms with Gasteiger partial charge < -0.3 is 14.7 Å². The fourth-order valence-electron chi connectivity index (χ4n) is 1.57. The van der Waals surface area contributed by atoms with Gasteiger partial charge in [0.05, 0.1) is 11.6 Å². The number of amides is 1. The molecule has 1 aromatic rings. The van der Waals surface area contributed by atoms with Gasteiger partial charge in [-0.05, 0) is 18.6 Å². The number of halogens is 2. The zero-order valence-corrected chi connectivity index (χ0v) is 12.2. The van der Waals surface area contributed by atoms with Crippen LogP contribution in [0.1, 0.15) is 13.3 Å². The van der Waals surface area contributed by atoms with E-state index in [1.807, 2.05) is 6.92 Å². The minimum atomic E-state index is -0.188. The van der Waals surface area contributed by atoms with Crippen LogP contribution in [0.5, 0.6) is 5.75 Å². The quantitative estimate of drug-likeness (QED) is 0.842. The van der Waals surface area contributed by atoms with Crippen molar-refractivity contribution < 1.29 is 14.6 Å². The first-order valence-corrected chi connectivity index (χ1v) is 6.80. The predicted octanol–water partition coefficient (Wildman–Crippen LogP) is 2.60. The van der Waals surface area contributed by atoms with Gasteiger partial charge in [-0.2, -0.15) is 0 Å². The summed E-state index contributed by atoms with van der Waals surface area (Å²) >= 11 is 11.8. The monoisotopic (exact) mass is 305 g/mol. The number of aliphatic hydroxyl groups excluding tert-OH is 1. The minimum Gasteiger partial charge on any atom is -0.482 e. The summed E-state index contributed by atoms with van der Waals surface area (Å²) < 4.78 is 5.36. The molecule has 0 spiro atoms. The Morgan fingerprint density at radius 3 is 2.74 bits per heavy atom. The third-order valence-electron chi connectivity index (χ3n) is 2.46. The van der Waals surface area contributed by atoms with Gasteiger partial charge in [0.25, 0.3) is 5.91 Å². The van der Waals surface area contributed by atoms with Crippen molar-refractivity contribution in [1.29, 1.82) is 0 Å². The lowest BCUT2D eigenvalue weighted by molar-refractivity contribution is -0.133. The third kappa shape index (κ3) is 5.27. The first kappa shape index (κ1) is 16.1. The first-order chi connectivity index (χ1) is 9.08. The van der Waals surface area contributed by atoms with E-state index in [4.69, 9.17) is 33.0 Å². The summed E-state index contributed by atoms with van der Waals surface area (Å²) in [5, 5.41) is 9.80. The summed E-state index contributed by atoms with van der Waals surface area (Å²) in [4.78, 5) is 13.5. The lowest BCUT2D eigenvalue weighted by atomic mass is 10.3. The van der Waals surface area contributed by atoms with Crippen LogP contribution < -0.4 is 4.74 Å². The van der Waals surface area contributed by atoms with E-state index >= 15 is 0 Å². The van der Waals surface area contributed by atoms with Crippen LogP contribution in [0.2, 0.25) is 10.0 Å². The van der Waals surface area contributed by atoms with Gasteiger partial charge in [0, 0.05) is 24.2 Å². The van der Waals surface area contributed by atoms with Crippen molar-refractivity contribution >= 4 is 29.1 Å². The normalized spacial score (nSPS) is 10.3. The fourth-order valence-corrected chi connectivity index (χ4v) is 1.90. The molecule has 1 amide bonds. The third-order valence-corrected chi connectivity index (χ3v) is 3.01. The van der Waals surface area contributed by atoms with E-state index in [1.54, 1.807) is 23.1 Å². The van der Waals surface area contributed by atoms with Crippen molar-refractivity contribution in [2.45, 2.75) is 13.3 Å². The average molecular weight is 306 g/mol. The van der Waals surface area contributed by atoms with Gasteiger partial charge in [-0.25, -0.2) is 0 Å².